The molecule has 20 heavy (non-hydrogen) atoms. The maximum atomic E-state index is 12.7. The zero-order chi connectivity index (χ0) is 14.5. The maximum Gasteiger partial charge on any atom is 0.190 e. The maximum absolute atomic E-state index is 12.7. The highest BCUT2D eigenvalue weighted by molar-refractivity contribution is 9.10. The minimum Gasteiger partial charge on any atom is -0.361 e. The van der Waals surface area contributed by atoms with E-state index < -0.39 is 5.60 Å². The first-order valence-electron chi connectivity index (χ1n) is 7.04. The predicted octanol–water partition coefficient (Wildman–Crippen LogP) is 4.38. The van der Waals surface area contributed by atoms with Gasteiger partial charge in [0, 0.05) is 16.0 Å². The fourth-order valence-electron chi connectivity index (χ4n) is 3.53. The molecule has 3 heteroatoms. The molecule has 0 spiro atoms. The molecule has 0 amide bonds. The lowest BCUT2D eigenvalue weighted by molar-refractivity contribution is -0.206. The van der Waals surface area contributed by atoms with Crippen LogP contribution in [0.4, 0.5) is 0 Å². The highest BCUT2D eigenvalue weighted by Gasteiger charge is 2.56. The smallest absolute Gasteiger partial charge is 0.190 e. The van der Waals surface area contributed by atoms with Crippen LogP contribution in [0.15, 0.2) is 34.3 Å². The van der Waals surface area contributed by atoms with Crippen molar-refractivity contribution in [3.05, 3.63) is 39.9 Å². The van der Waals surface area contributed by atoms with Gasteiger partial charge in [-0.05, 0) is 57.4 Å². The summed E-state index contributed by atoms with van der Waals surface area (Å²) in [6.07, 6.45) is 3.90. The summed E-state index contributed by atoms with van der Waals surface area (Å²) >= 11 is 3.43. The summed E-state index contributed by atoms with van der Waals surface area (Å²) in [6, 6.07) is 8.06. The molecule has 2 unspecified atom stereocenters. The lowest BCUT2D eigenvalue weighted by atomic mass is 9.65. The van der Waals surface area contributed by atoms with Crippen LogP contribution in [0.5, 0.6) is 0 Å². The van der Waals surface area contributed by atoms with E-state index >= 15 is 0 Å². The van der Waals surface area contributed by atoms with Crippen molar-refractivity contribution >= 4 is 27.8 Å². The molecule has 0 aromatic heterocycles. The highest BCUT2D eigenvalue weighted by Crippen LogP contribution is 2.50. The number of halogens is 1. The molecule has 106 valence electrons. The second kappa shape index (κ2) is 4.54. The molecule has 1 aromatic rings. The van der Waals surface area contributed by atoms with Crippen LogP contribution in [0.3, 0.4) is 0 Å². The first kappa shape index (κ1) is 14.0. The lowest BCUT2D eigenvalue weighted by Crippen LogP contribution is -2.60. The summed E-state index contributed by atoms with van der Waals surface area (Å²) < 4.78 is 7.11. The highest BCUT2D eigenvalue weighted by atomic mass is 79.9. The third kappa shape index (κ3) is 2.17. The Morgan fingerprint density at radius 3 is 2.50 bits per heavy atom. The van der Waals surface area contributed by atoms with E-state index in [4.69, 9.17) is 4.74 Å². The van der Waals surface area contributed by atoms with Gasteiger partial charge in [-0.25, -0.2) is 0 Å². The van der Waals surface area contributed by atoms with Crippen LogP contribution in [-0.2, 0) is 9.53 Å². The normalized spacial score (nSPS) is 33.7. The quantitative estimate of drug-likeness (QED) is 0.712. The van der Waals surface area contributed by atoms with Gasteiger partial charge in [-0.2, -0.15) is 0 Å². The molecule has 2 atom stereocenters. The monoisotopic (exact) mass is 334 g/mol. The zero-order valence-electron chi connectivity index (χ0n) is 12.1. The Kier molecular flexibility index (Phi) is 3.18. The van der Waals surface area contributed by atoms with E-state index in [1.807, 2.05) is 37.3 Å². The Labute approximate surface area is 128 Å². The fraction of sp³-hybridized carbons (Fsp3) is 0.471. The Morgan fingerprint density at radius 2 is 1.90 bits per heavy atom. The van der Waals surface area contributed by atoms with Gasteiger partial charge in [0.05, 0.1) is 5.60 Å². The van der Waals surface area contributed by atoms with Crippen LogP contribution in [0.1, 0.15) is 39.2 Å². The van der Waals surface area contributed by atoms with E-state index in [2.05, 4.69) is 29.8 Å². The molecule has 2 heterocycles. The number of fused-ring (bicyclic) bond motifs is 3. The van der Waals surface area contributed by atoms with Gasteiger partial charge in [0.1, 0.15) is 5.60 Å². The summed E-state index contributed by atoms with van der Waals surface area (Å²) in [5.74, 6) is 0.358. The molecule has 1 aromatic carbocycles. The van der Waals surface area contributed by atoms with Crippen molar-refractivity contribution in [3.8, 4) is 0 Å². The number of benzene rings is 1. The molecule has 4 rings (SSSR count). The van der Waals surface area contributed by atoms with Crippen molar-refractivity contribution in [2.24, 2.45) is 5.92 Å². The number of carbonyl (C=O) groups excluding carboxylic acids is 1. The standard InChI is InChI=1S/C17H19BrO2/c1-16(2)14-8-9-17(3,20-16)15(19)13(14)10-11-4-6-12(18)7-5-11/h4-7,10,14H,8-9H2,1-3H3/b13-10-. The average Bonchev–Trinajstić information content (AvgIpc) is 2.36. The molecule has 0 radical (unpaired) electrons. The van der Waals surface area contributed by atoms with Gasteiger partial charge in [-0.1, -0.05) is 28.1 Å². The van der Waals surface area contributed by atoms with E-state index in [-0.39, 0.29) is 17.3 Å². The van der Waals surface area contributed by atoms with Gasteiger partial charge in [0.2, 0.25) is 0 Å². The second-order valence-corrected chi connectivity index (χ2v) is 7.42. The summed E-state index contributed by atoms with van der Waals surface area (Å²) in [7, 11) is 0. The van der Waals surface area contributed by atoms with Crippen molar-refractivity contribution in [3.63, 3.8) is 0 Å². The molecule has 3 fully saturated rings. The molecule has 2 nitrogen and oxygen atoms in total. The molecular weight excluding hydrogens is 316 g/mol. The molecule has 2 aliphatic heterocycles. The lowest BCUT2D eigenvalue weighted by Gasteiger charge is -2.53. The first-order chi connectivity index (χ1) is 9.32. The van der Waals surface area contributed by atoms with E-state index in [0.717, 1.165) is 28.5 Å². The Bertz CT molecular complexity index is 586. The van der Waals surface area contributed by atoms with E-state index in [0.29, 0.717) is 0 Å². The van der Waals surface area contributed by atoms with Crippen LogP contribution in [0.25, 0.3) is 6.08 Å². The second-order valence-electron chi connectivity index (χ2n) is 6.51. The number of carbonyl (C=O) groups is 1. The first-order valence-corrected chi connectivity index (χ1v) is 7.83. The number of hydrogen-bond donors (Lipinski definition) is 0. The Hall–Kier alpha value is -0.930. The Morgan fingerprint density at radius 1 is 1.25 bits per heavy atom. The van der Waals surface area contributed by atoms with E-state index in [9.17, 15) is 4.79 Å². The van der Waals surface area contributed by atoms with Crippen LogP contribution in [0, 0.1) is 5.92 Å². The van der Waals surface area contributed by atoms with E-state index in [1.54, 1.807) is 0 Å². The molecule has 0 N–H and O–H groups in total. The predicted molar refractivity (Wildman–Crippen MR) is 83.4 cm³/mol. The van der Waals surface area contributed by atoms with Gasteiger partial charge >= 0.3 is 0 Å². The van der Waals surface area contributed by atoms with Crippen LogP contribution >= 0.6 is 15.9 Å². The van der Waals surface area contributed by atoms with Crippen molar-refractivity contribution in [2.75, 3.05) is 0 Å². The van der Waals surface area contributed by atoms with Crippen LogP contribution in [-0.4, -0.2) is 17.0 Å². The zero-order valence-corrected chi connectivity index (χ0v) is 13.7. The van der Waals surface area contributed by atoms with Crippen molar-refractivity contribution in [1.29, 1.82) is 0 Å². The molecule has 2 saturated heterocycles. The summed E-state index contributed by atoms with van der Waals surface area (Å²) in [4.78, 5) is 12.7. The molecule has 1 saturated carbocycles. The molecule has 1 aliphatic carbocycles. The number of hydrogen-bond acceptors (Lipinski definition) is 2. The molecule has 3 aliphatic rings. The van der Waals surface area contributed by atoms with Crippen molar-refractivity contribution < 1.29 is 9.53 Å². The minimum atomic E-state index is -0.639. The van der Waals surface area contributed by atoms with Crippen molar-refractivity contribution in [1.82, 2.24) is 0 Å². The van der Waals surface area contributed by atoms with E-state index in [1.165, 1.54) is 0 Å². The fourth-order valence-corrected chi connectivity index (χ4v) is 3.79. The van der Waals surface area contributed by atoms with Gasteiger partial charge in [-0.15, -0.1) is 0 Å². The number of ketones is 1. The van der Waals surface area contributed by atoms with Crippen LogP contribution < -0.4 is 0 Å². The molecule has 2 bridgehead atoms. The van der Waals surface area contributed by atoms with Gasteiger partial charge in [0.25, 0.3) is 0 Å². The van der Waals surface area contributed by atoms with Gasteiger partial charge in [0.15, 0.2) is 5.78 Å². The Balaban J connectivity index is 2.04. The van der Waals surface area contributed by atoms with Crippen molar-refractivity contribution in [2.45, 2.75) is 44.8 Å². The SMILES string of the molecule is CC12CCC(/C(=C/c3ccc(Br)cc3)C1=O)C(C)(C)O2. The summed E-state index contributed by atoms with van der Waals surface area (Å²) in [5, 5.41) is 0. The number of rotatable bonds is 1. The number of Topliss-reactive ketones (excluding diaryl/α,β-unsaturated/α-hetero) is 1. The minimum absolute atomic E-state index is 0.163. The van der Waals surface area contributed by atoms with Crippen LogP contribution in [0.2, 0.25) is 0 Å². The van der Waals surface area contributed by atoms with Gasteiger partial charge < -0.3 is 4.74 Å². The summed E-state index contributed by atoms with van der Waals surface area (Å²) in [5.41, 5.74) is 1.10. The number of ether oxygens (including phenoxy) is 1. The average molecular weight is 335 g/mol. The third-order valence-corrected chi connectivity index (χ3v) is 5.08. The third-order valence-electron chi connectivity index (χ3n) is 4.55. The summed E-state index contributed by atoms with van der Waals surface area (Å²) in [6.45, 7) is 6.12. The van der Waals surface area contributed by atoms with Gasteiger partial charge in [-0.3, -0.25) is 4.79 Å². The molecular formula is C17H19BrO2. The topological polar surface area (TPSA) is 26.3 Å². The largest absolute Gasteiger partial charge is 0.361 e.